The van der Waals surface area contributed by atoms with Crippen molar-refractivity contribution in [2.75, 3.05) is 12.0 Å². The summed E-state index contributed by atoms with van der Waals surface area (Å²) >= 11 is 0. The van der Waals surface area contributed by atoms with Crippen molar-refractivity contribution in [3.05, 3.63) is 28.8 Å². The summed E-state index contributed by atoms with van der Waals surface area (Å²) in [6.45, 7) is 5.08. The monoisotopic (exact) mass is 351 g/mol. The first-order chi connectivity index (χ1) is 9.52. The molecule has 0 spiro atoms. The molecule has 0 fully saturated rings. The van der Waals surface area contributed by atoms with Gasteiger partial charge in [0, 0.05) is 45.1 Å². The maximum Gasteiger partial charge on any atom is 0.261 e. The van der Waals surface area contributed by atoms with E-state index in [1.165, 1.54) is 6.07 Å². The van der Waals surface area contributed by atoms with Crippen LogP contribution >= 0.6 is 10.7 Å². The Morgan fingerprint density at radius 2 is 1.95 bits per heavy atom. The predicted octanol–water partition coefficient (Wildman–Crippen LogP) is 1.73. The fraction of sp³-hybridized carbons (Fsp3) is 0.462. The quantitative estimate of drug-likeness (QED) is 0.819. The van der Waals surface area contributed by atoms with Gasteiger partial charge in [-0.15, -0.1) is 0 Å². The zero-order valence-corrected chi connectivity index (χ0v) is 14.7. The van der Waals surface area contributed by atoms with Crippen LogP contribution in [0.1, 0.15) is 28.4 Å². The van der Waals surface area contributed by atoms with Crippen molar-refractivity contribution in [3.8, 4) is 0 Å². The number of carbonyl (C=O) groups is 1. The SMILES string of the molecule is Cc1cc(C(=O)NC(C)CS(C)=O)cc(S(=O)(=O)Cl)c1C. The number of halogens is 1. The summed E-state index contributed by atoms with van der Waals surface area (Å²) in [7, 11) is 0.445. The molecule has 1 aromatic carbocycles. The van der Waals surface area contributed by atoms with Gasteiger partial charge in [-0.3, -0.25) is 9.00 Å². The van der Waals surface area contributed by atoms with E-state index in [1.807, 2.05) is 0 Å². The van der Waals surface area contributed by atoms with Crippen molar-refractivity contribution < 1.29 is 17.4 Å². The largest absolute Gasteiger partial charge is 0.349 e. The fourth-order valence-corrected chi connectivity index (χ4v) is 3.97. The van der Waals surface area contributed by atoms with Crippen LogP contribution in [0.5, 0.6) is 0 Å². The molecule has 0 saturated heterocycles. The second kappa shape index (κ2) is 6.89. The molecule has 1 amide bonds. The second-order valence-corrected chi connectivity index (χ2v) is 8.98. The fourth-order valence-electron chi connectivity index (χ4n) is 1.91. The Morgan fingerprint density at radius 1 is 1.38 bits per heavy atom. The van der Waals surface area contributed by atoms with Crippen LogP contribution in [-0.4, -0.2) is 36.6 Å². The van der Waals surface area contributed by atoms with E-state index < -0.39 is 25.8 Å². The van der Waals surface area contributed by atoms with Crippen molar-refractivity contribution in [1.29, 1.82) is 0 Å². The van der Waals surface area contributed by atoms with Gasteiger partial charge in [0.05, 0.1) is 4.90 Å². The number of carbonyl (C=O) groups excluding carboxylic acids is 1. The van der Waals surface area contributed by atoms with Crippen LogP contribution in [0.2, 0.25) is 0 Å². The minimum absolute atomic E-state index is 0.0685. The highest BCUT2D eigenvalue weighted by atomic mass is 35.7. The Balaban J connectivity index is 3.12. The van der Waals surface area contributed by atoms with E-state index in [-0.39, 0.29) is 16.5 Å². The number of amides is 1. The number of rotatable bonds is 5. The second-order valence-electron chi connectivity index (χ2n) is 4.97. The van der Waals surface area contributed by atoms with Crippen LogP contribution in [0, 0.1) is 13.8 Å². The Hall–Kier alpha value is -0.920. The Bertz CT molecular complexity index is 686. The van der Waals surface area contributed by atoms with Crippen LogP contribution in [0.25, 0.3) is 0 Å². The van der Waals surface area contributed by atoms with Crippen LogP contribution in [0.4, 0.5) is 0 Å². The summed E-state index contributed by atoms with van der Waals surface area (Å²) in [4.78, 5) is 12.1. The normalized spacial score (nSPS) is 14.5. The number of hydrogen-bond acceptors (Lipinski definition) is 4. The predicted molar refractivity (Wildman–Crippen MR) is 84.8 cm³/mol. The average molecular weight is 352 g/mol. The molecule has 2 unspecified atom stereocenters. The summed E-state index contributed by atoms with van der Waals surface area (Å²) in [5, 5.41) is 2.68. The van der Waals surface area contributed by atoms with Gasteiger partial charge in [-0.25, -0.2) is 8.42 Å². The first-order valence-corrected chi connectivity index (χ1v) is 10.2. The van der Waals surface area contributed by atoms with Gasteiger partial charge in [0.2, 0.25) is 0 Å². The minimum Gasteiger partial charge on any atom is -0.349 e. The lowest BCUT2D eigenvalue weighted by molar-refractivity contribution is 0.0943. The van der Waals surface area contributed by atoms with E-state index in [9.17, 15) is 17.4 Å². The Labute approximate surface area is 132 Å². The molecular weight excluding hydrogens is 334 g/mol. The standard InChI is InChI=1S/C13H18ClNO4S2/c1-8-5-11(6-12(10(8)3)21(14,18)19)13(16)15-9(2)7-20(4)17/h5-6,9H,7H2,1-4H3,(H,15,16). The molecule has 1 rings (SSSR count). The molecule has 0 aliphatic heterocycles. The van der Waals surface area contributed by atoms with Gasteiger partial charge in [-0.1, -0.05) is 0 Å². The first kappa shape index (κ1) is 18.1. The maximum absolute atomic E-state index is 12.1. The Kier molecular flexibility index (Phi) is 5.95. The minimum atomic E-state index is -3.92. The molecule has 118 valence electrons. The molecule has 2 atom stereocenters. The highest BCUT2D eigenvalue weighted by Crippen LogP contribution is 2.24. The lowest BCUT2D eigenvalue weighted by Gasteiger charge is -2.14. The molecule has 5 nitrogen and oxygen atoms in total. The first-order valence-electron chi connectivity index (χ1n) is 6.19. The Morgan fingerprint density at radius 3 is 2.43 bits per heavy atom. The third kappa shape index (κ3) is 5.09. The topological polar surface area (TPSA) is 80.3 Å². The van der Waals surface area contributed by atoms with Crippen LogP contribution in [0.15, 0.2) is 17.0 Å². The number of aryl methyl sites for hydroxylation is 1. The molecule has 1 N–H and O–H groups in total. The van der Waals surface area contributed by atoms with E-state index in [1.54, 1.807) is 33.1 Å². The van der Waals surface area contributed by atoms with Crippen LogP contribution < -0.4 is 5.32 Å². The van der Waals surface area contributed by atoms with E-state index in [0.717, 1.165) is 0 Å². The van der Waals surface area contributed by atoms with Gasteiger partial charge in [0.25, 0.3) is 15.0 Å². The van der Waals surface area contributed by atoms with Gasteiger partial charge in [-0.2, -0.15) is 0 Å². The molecule has 0 saturated carbocycles. The van der Waals surface area contributed by atoms with E-state index in [0.29, 0.717) is 16.9 Å². The van der Waals surface area contributed by atoms with Gasteiger partial charge in [0.15, 0.2) is 0 Å². The molecule has 0 aromatic heterocycles. The number of hydrogen-bond donors (Lipinski definition) is 1. The third-order valence-corrected chi connectivity index (χ3v) is 5.42. The van der Waals surface area contributed by atoms with Gasteiger partial charge >= 0.3 is 0 Å². The molecule has 8 heteroatoms. The maximum atomic E-state index is 12.1. The lowest BCUT2D eigenvalue weighted by atomic mass is 10.1. The van der Waals surface area contributed by atoms with Crippen LogP contribution in [0.3, 0.4) is 0 Å². The number of benzene rings is 1. The summed E-state index contributed by atoms with van der Waals surface area (Å²) in [5.74, 6) is -0.0883. The van der Waals surface area contributed by atoms with E-state index in [4.69, 9.17) is 10.7 Å². The van der Waals surface area contributed by atoms with Crippen molar-refractivity contribution in [2.45, 2.75) is 31.7 Å². The summed E-state index contributed by atoms with van der Waals surface area (Å²) in [5.41, 5.74) is 1.39. The third-order valence-electron chi connectivity index (χ3n) is 3.01. The zero-order valence-electron chi connectivity index (χ0n) is 12.3. The molecular formula is C13H18ClNO4S2. The van der Waals surface area contributed by atoms with Crippen molar-refractivity contribution in [3.63, 3.8) is 0 Å². The zero-order chi connectivity index (χ0) is 16.4. The van der Waals surface area contributed by atoms with Gasteiger partial charge < -0.3 is 5.32 Å². The van der Waals surface area contributed by atoms with Gasteiger partial charge in [-0.05, 0) is 44.0 Å². The molecule has 0 heterocycles. The lowest BCUT2D eigenvalue weighted by Crippen LogP contribution is -2.36. The molecule has 0 radical (unpaired) electrons. The van der Waals surface area contributed by atoms with E-state index in [2.05, 4.69) is 5.32 Å². The van der Waals surface area contributed by atoms with Crippen molar-refractivity contribution >= 4 is 36.4 Å². The molecule has 21 heavy (non-hydrogen) atoms. The summed E-state index contributed by atoms with van der Waals surface area (Å²) < 4.78 is 34.2. The molecule has 0 bridgehead atoms. The highest BCUT2D eigenvalue weighted by molar-refractivity contribution is 8.13. The van der Waals surface area contributed by atoms with Crippen LogP contribution in [-0.2, 0) is 19.9 Å². The van der Waals surface area contributed by atoms with E-state index >= 15 is 0 Å². The molecule has 0 aliphatic rings. The highest BCUT2D eigenvalue weighted by Gasteiger charge is 2.19. The molecule has 1 aromatic rings. The van der Waals surface area contributed by atoms with Crippen molar-refractivity contribution in [1.82, 2.24) is 5.32 Å². The molecule has 0 aliphatic carbocycles. The van der Waals surface area contributed by atoms with Gasteiger partial charge in [0.1, 0.15) is 0 Å². The summed E-state index contributed by atoms with van der Waals surface area (Å²) in [6, 6.07) is 2.59. The van der Waals surface area contributed by atoms with Crippen molar-refractivity contribution in [2.24, 2.45) is 0 Å². The smallest absolute Gasteiger partial charge is 0.261 e. The summed E-state index contributed by atoms with van der Waals surface area (Å²) in [6.07, 6.45) is 1.55. The average Bonchev–Trinajstić information content (AvgIpc) is 2.29. The number of nitrogens with one attached hydrogen (secondary N) is 1.